The van der Waals surface area contributed by atoms with Crippen molar-refractivity contribution in [2.24, 2.45) is 5.92 Å². The van der Waals surface area contributed by atoms with Crippen LogP contribution in [0.3, 0.4) is 0 Å². The summed E-state index contributed by atoms with van der Waals surface area (Å²) >= 11 is 0. The second-order valence-electron chi connectivity index (χ2n) is 3.12. The first kappa shape index (κ1) is 9.67. The lowest BCUT2D eigenvalue weighted by Gasteiger charge is -2.21. The number of aliphatic hydroxyl groups is 1. The maximum Gasteiger partial charge on any atom is 0.161 e. The predicted molar refractivity (Wildman–Crippen MR) is 45.4 cm³/mol. The number of aliphatic hydroxyl groups excluding tert-OH is 1. The first-order valence-electron chi connectivity index (χ1n) is 3.93. The summed E-state index contributed by atoms with van der Waals surface area (Å²) in [5, 5.41) is 8.55. The van der Waals surface area contributed by atoms with Gasteiger partial charge in [0.05, 0.1) is 0 Å². The van der Waals surface area contributed by atoms with Crippen molar-refractivity contribution in [2.75, 3.05) is 18.1 Å². The minimum absolute atomic E-state index is 0.157. The van der Waals surface area contributed by atoms with Crippen molar-refractivity contribution in [1.29, 1.82) is 4.78 Å². The summed E-state index contributed by atoms with van der Waals surface area (Å²) in [5.74, 6) is 0.284. The fourth-order valence-corrected chi connectivity index (χ4v) is 2.90. The highest BCUT2D eigenvalue weighted by Crippen LogP contribution is 2.19. The van der Waals surface area contributed by atoms with Gasteiger partial charge in [0, 0.05) is 27.2 Å². The molecule has 5 heteroatoms. The molecule has 0 aliphatic carbocycles. The summed E-state index contributed by atoms with van der Waals surface area (Å²) < 4.78 is 18.4. The molecule has 0 aromatic rings. The molecule has 0 aromatic heterocycles. The number of ketones is 1. The Bertz CT molecular complexity index is 256. The molecule has 0 aromatic carbocycles. The SMILES string of the molecule is N=S1(=O)CCC(C(=O)CO)CC1. The van der Waals surface area contributed by atoms with E-state index in [2.05, 4.69) is 0 Å². The molecule has 0 amide bonds. The van der Waals surface area contributed by atoms with Crippen LogP contribution in [0, 0.1) is 10.7 Å². The van der Waals surface area contributed by atoms with Gasteiger partial charge < -0.3 is 5.11 Å². The molecule has 1 saturated heterocycles. The highest BCUT2D eigenvalue weighted by atomic mass is 32.2. The highest BCUT2D eigenvalue weighted by Gasteiger charge is 2.25. The second-order valence-corrected chi connectivity index (χ2v) is 5.56. The number of rotatable bonds is 2. The van der Waals surface area contributed by atoms with Crippen LogP contribution in [0.2, 0.25) is 0 Å². The molecule has 1 aliphatic rings. The summed E-state index contributed by atoms with van der Waals surface area (Å²) in [6.45, 7) is -0.427. The molecule has 0 bridgehead atoms. The van der Waals surface area contributed by atoms with Gasteiger partial charge in [-0.05, 0) is 12.8 Å². The standard InChI is InChI=1S/C7H13NO3S/c8-12(11)3-1-6(2-4-12)7(10)5-9/h6,8-9H,1-5H2. The molecule has 1 heterocycles. The second kappa shape index (κ2) is 3.53. The summed E-state index contributed by atoms with van der Waals surface area (Å²) in [7, 11) is -2.39. The number of carbonyl (C=O) groups is 1. The average molecular weight is 191 g/mol. The normalized spacial score (nSPS) is 36.2. The molecule has 0 spiro atoms. The molecular formula is C7H13NO3S. The highest BCUT2D eigenvalue weighted by molar-refractivity contribution is 7.92. The smallest absolute Gasteiger partial charge is 0.161 e. The van der Waals surface area contributed by atoms with Crippen molar-refractivity contribution >= 4 is 15.5 Å². The average Bonchev–Trinajstić information content (AvgIpc) is 2.03. The summed E-state index contributed by atoms with van der Waals surface area (Å²) in [6, 6.07) is 0. The van der Waals surface area contributed by atoms with Crippen molar-refractivity contribution in [3.05, 3.63) is 0 Å². The summed E-state index contributed by atoms with van der Waals surface area (Å²) in [6.07, 6.45) is 1.00. The molecule has 0 radical (unpaired) electrons. The summed E-state index contributed by atoms with van der Waals surface area (Å²) in [4.78, 5) is 11.0. The van der Waals surface area contributed by atoms with Crippen LogP contribution in [-0.4, -0.2) is 33.2 Å². The molecule has 4 nitrogen and oxygen atoms in total. The largest absolute Gasteiger partial charge is 0.389 e. The first-order chi connectivity index (χ1) is 5.55. The van der Waals surface area contributed by atoms with Gasteiger partial charge in [-0.1, -0.05) is 0 Å². The molecule has 2 N–H and O–H groups in total. The van der Waals surface area contributed by atoms with Gasteiger partial charge in [0.25, 0.3) is 0 Å². The molecular weight excluding hydrogens is 178 g/mol. The van der Waals surface area contributed by atoms with Crippen molar-refractivity contribution < 1.29 is 14.1 Å². The van der Waals surface area contributed by atoms with E-state index in [1.165, 1.54) is 0 Å². The maximum absolute atomic E-state index is 11.2. The van der Waals surface area contributed by atoms with E-state index in [0.717, 1.165) is 0 Å². The third-order valence-corrected chi connectivity index (χ3v) is 3.99. The van der Waals surface area contributed by atoms with E-state index in [-0.39, 0.29) is 11.7 Å². The zero-order valence-corrected chi connectivity index (χ0v) is 7.60. The first-order valence-corrected chi connectivity index (χ1v) is 5.82. The quantitative estimate of drug-likeness (QED) is 0.645. The minimum atomic E-state index is -2.39. The van der Waals surface area contributed by atoms with Gasteiger partial charge in [0.1, 0.15) is 6.61 Å². The van der Waals surface area contributed by atoms with E-state index in [1.807, 2.05) is 0 Å². The number of hydrogen-bond acceptors (Lipinski definition) is 4. The Balaban J connectivity index is 2.52. The zero-order chi connectivity index (χ0) is 9.19. The van der Waals surface area contributed by atoms with Crippen LogP contribution < -0.4 is 0 Å². The van der Waals surface area contributed by atoms with E-state index in [0.29, 0.717) is 24.3 Å². The van der Waals surface area contributed by atoms with Gasteiger partial charge in [-0.3, -0.25) is 9.57 Å². The molecule has 1 rings (SSSR count). The van der Waals surface area contributed by atoms with Gasteiger partial charge in [-0.2, -0.15) is 0 Å². The molecule has 1 aliphatic heterocycles. The van der Waals surface area contributed by atoms with Gasteiger partial charge in [-0.25, -0.2) is 4.21 Å². The third-order valence-electron chi connectivity index (χ3n) is 2.20. The number of carbonyl (C=O) groups excluding carboxylic acids is 1. The zero-order valence-electron chi connectivity index (χ0n) is 6.78. The molecule has 70 valence electrons. The Morgan fingerprint density at radius 2 is 2.00 bits per heavy atom. The lowest BCUT2D eigenvalue weighted by atomic mass is 9.98. The Labute approximate surface area is 71.9 Å². The predicted octanol–water partition coefficient (Wildman–Crippen LogP) is 0.00457. The van der Waals surface area contributed by atoms with E-state index in [9.17, 15) is 9.00 Å². The number of Topliss-reactive ketones (excluding diaryl/α,β-unsaturated/α-hetero) is 1. The van der Waals surface area contributed by atoms with Gasteiger partial charge in [-0.15, -0.1) is 0 Å². The third kappa shape index (κ3) is 2.28. The topological polar surface area (TPSA) is 78.2 Å². The van der Waals surface area contributed by atoms with Crippen LogP contribution in [0.25, 0.3) is 0 Å². The minimum Gasteiger partial charge on any atom is -0.389 e. The lowest BCUT2D eigenvalue weighted by molar-refractivity contribution is -0.125. The van der Waals surface area contributed by atoms with Gasteiger partial charge in [0.15, 0.2) is 5.78 Å². The van der Waals surface area contributed by atoms with Crippen LogP contribution in [-0.2, 0) is 14.5 Å². The fraction of sp³-hybridized carbons (Fsp3) is 0.857. The summed E-state index contributed by atoms with van der Waals surface area (Å²) in [5.41, 5.74) is 0. The van der Waals surface area contributed by atoms with Crippen LogP contribution in [0.5, 0.6) is 0 Å². The van der Waals surface area contributed by atoms with Crippen LogP contribution in [0.15, 0.2) is 0 Å². The Hall–Kier alpha value is -0.420. The Morgan fingerprint density at radius 3 is 2.42 bits per heavy atom. The maximum atomic E-state index is 11.2. The Morgan fingerprint density at radius 1 is 1.50 bits per heavy atom. The van der Waals surface area contributed by atoms with E-state index in [1.54, 1.807) is 0 Å². The van der Waals surface area contributed by atoms with Crippen molar-refractivity contribution in [3.63, 3.8) is 0 Å². The molecule has 12 heavy (non-hydrogen) atoms. The molecule has 0 saturated carbocycles. The van der Waals surface area contributed by atoms with Crippen LogP contribution in [0.4, 0.5) is 0 Å². The van der Waals surface area contributed by atoms with Gasteiger partial charge >= 0.3 is 0 Å². The van der Waals surface area contributed by atoms with Crippen LogP contribution >= 0.6 is 0 Å². The van der Waals surface area contributed by atoms with Crippen molar-refractivity contribution in [3.8, 4) is 0 Å². The Kier molecular flexibility index (Phi) is 2.85. The lowest BCUT2D eigenvalue weighted by Crippen LogP contribution is -2.29. The number of nitrogens with one attached hydrogen (secondary N) is 1. The van der Waals surface area contributed by atoms with Crippen molar-refractivity contribution in [1.82, 2.24) is 0 Å². The van der Waals surface area contributed by atoms with Crippen molar-refractivity contribution in [2.45, 2.75) is 12.8 Å². The fourth-order valence-electron chi connectivity index (χ4n) is 1.36. The molecule has 1 fully saturated rings. The van der Waals surface area contributed by atoms with Crippen LogP contribution in [0.1, 0.15) is 12.8 Å². The monoisotopic (exact) mass is 191 g/mol. The van der Waals surface area contributed by atoms with E-state index in [4.69, 9.17) is 9.89 Å². The number of hydrogen-bond donors (Lipinski definition) is 2. The van der Waals surface area contributed by atoms with E-state index >= 15 is 0 Å². The van der Waals surface area contributed by atoms with Gasteiger partial charge in [0.2, 0.25) is 0 Å². The molecule has 0 unspecified atom stereocenters. The molecule has 0 atom stereocenters. The van der Waals surface area contributed by atoms with E-state index < -0.39 is 16.3 Å².